The van der Waals surface area contributed by atoms with E-state index >= 15 is 0 Å². The van der Waals surface area contributed by atoms with Crippen molar-refractivity contribution in [3.05, 3.63) is 0 Å². The Hall–Kier alpha value is -1.70. The number of thiocarbonyl (C=S) groups is 1. The van der Waals surface area contributed by atoms with Crippen LogP contribution in [0.4, 0.5) is 0 Å². The topological polar surface area (TPSA) is 87.7 Å². The molecular weight excluding hydrogens is 414 g/mol. The summed E-state index contributed by atoms with van der Waals surface area (Å²) in [5, 5.41) is 6.03. The van der Waals surface area contributed by atoms with Gasteiger partial charge >= 0.3 is 5.97 Å². The van der Waals surface area contributed by atoms with Crippen molar-refractivity contribution in [2.24, 2.45) is 29.1 Å². The van der Waals surface area contributed by atoms with Crippen LogP contribution in [-0.2, 0) is 19.1 Å². The SMILES string of the molecule is CC(C)CCOC(=O)CC1C(=O)NCCN1C(=S)NC(=O)C12CC3CC(CC(C3)C1)C2. The molecule has 0 radical (unpaired) electrons. The minimum Gasteiger partial charge on any atom is -0.466 e. The summed E-state index contributed by atoms with van der Waals surface area (Å²) in [5.41, 5.74) is -0.303. The van der Waals surface area contributed by atoms with Gasteiger partial charge in [-0.15, -0.1) is 0 Å². The summed E-state index contributed by atoms with van der Waals surface area (Å²) < 4.78 is 5.30. The maximum atomic E-state index is 13.3. The lowest BCUT2D eigenvalue weighted by molar-refractivity contribution is -0.147. The fourth-order valence-electron chi connectivity index (χ4n) is 6.48. The number of ether oxygens (including phenoxy) is 1. The number of carbonyl (C=O) groups excluding carboxylic acids is 3. The number of nitrogens with one attached hydrogen (secondary N) is 2. The van der Waals surface area contributed by atoms with E-state index in [1.807, 2.05) is 0 Å². The maximum absolute atomic E-state index is 13.3. The van der Waals surface area contributed by atoms with Gasteiger partial charge in [-0.1, -0.05) is 13.8 Å². The number of esters is 1. The van der Waals surface area contributed by atoms with E-state index in [2.05, 4.69) is 24.5 Å². The van der Waals surface area contributed by atoms with Gasteiger partial charge in [-0.25, -0.2) is 0 Å². The van der Waals surface area contributed by atoms with Gasteiger partial charge in [0, 0.05) is 13.1 Å². The highest BCUT2D eigenvalue weighted by Gasteiger charge is 2.55. The molecule has 31 heavy (non-hydrogen) atoms. The van der Waals surface area contributed by atoms with Crippen molar-refractivity contribution in [3.63, 3.8) is 0 Å². The van der Waals surface area contributed by atoms with Crippen molar-refractivity contribution in [1.29, 1.82) is 0 Å². The second-order valence-electron chi connectivity index (χ2n) is 10.6. The summed E-state index contributed by atoms with van der Waals surface area (Å²) in [7, 11) is 0. The molecule has 0 aromatic heterocycles. The first-order valence-electron chi connectivity index (χ1n) is 11.8. The number of carbonyl (C=O) groups is 3. The summed E-state index contributed by atoms with van der Waals surface area (Å²) >= 11 is 5.57. The van der Waals surface area contributed by atoms with Crippen molar-refractivity contribution in [2.45, 2.75) is 71.3 Å². The van der Waals surface area contributed by atoms with E-state index in [1.165, 1.54) is 19.3 Å². The average molecular weight is 450 g/mol. The summed E-state index contributed by atoms with van der Waals surface area (Å²) in [5.74, 6) is 1.79. The van der Waals surface area contributed by atoms with Gasteiger partial charge in [0.1, 0.15) is 6.04 Å². The molecule has 4 saturated carbocycles. The maximum Gasteiger partial charge on any atom is 0.308 e. The van der Waals surface area contributed by atoms with Gasteiger partial charge in [0.25, 0.3) is 0 Å². The van der Waals surface area contributed by atoms with Gasteiger partial charge in [0.2, 0.25) is 11.8 Å². The van der Waals surface area contributed by atoms with Crippen LogP contribution in [0.15, 0.2) is 0 Å². The Labute approximate surface area is 190 Å². The van der Waals surface area contributed by atoms with Crippen LogP contribution in [0.5, 0.6) is 0 Å². The first kappa shape index (κ1) is 22.5. The Kier molecular flexibility index (Phi) is 6.56. The summed E-state index contributed by atoms with van der Waals surface area (Å²) in [6.07, 6.45) is 7.39. The van der Waals surface area contributed by atoms with Crippen LogP contribution in [0.1, 0.15) is 65.2 Å². The largest absolute Gasteiger partial charge is 0.466 e. The van der Waals surface area contributed by atoms with Crippen LogP contribution in [0.2, 0.25) is 0 Å². The van der Waals surface area contributed by atoms with E-state index in [9.17, 15) is 14.4 Å². The predicted octanol–water partition coefficient (Wildman–Crippen LogP) is 2.38. The van der Waals surface area contributed by atoms with E-state index in [0.29, 0.717) is 43.4 Å². The number of nitrogens with zero attached hydrogens (tertiary/aromatic N) is 1. The lowest BCUT2D eigenvalue weighted by Gasteiger charge is -2.55. The minimum absolute atomic E-state index is 0.0147. The average Bonchev–Trinajstić information content (AvgIpc) is 2.68. The second kappa shape index (κ2) is 9.04. The zero-order valence-corrected chi connectivity index (χ0v) is 19.5. The van der Waals surface area contributed by atoms with E-state index in [-0.39, 0.29) is 28.8 Å². The van der Waals surface area contributed by atoms with Crippen LogP contribution < -0.4 is 10.6 Å². The molecule has 5 aliphatic rings. The molecule has 2 amide bonds. The molecule has 1 atom stereocenters. The van der Waals surface area contributed by atoms with Gasteiger partial charge in [-0.3, -0.25) is 14.4 Å². The molecule has 1 aliphatic heterocycles. The molecule has 1 unspecified atom stereocenters. The van der Waals surface area contributed by atoms with Gasteiger partial charge in [0.05, 0.1) is 18.4 Å². The van der Waals surface area contributed by atoms with Crippen LogP contribution in [0.3, 0.4) is 0 Å². The number of hydrogen-bond donors (Lipinski definition) is 2. The summed E-state index contributed by atoms with van der Waals surface area (Å²) in [6.45, 7) is 5.38. The lowest BCUT2D eigenvalue weighted by Crippen LogP contribution is -2.62. The molecule has 1 heterocycles. The smallest absolute Gasteiger partial charge is 0.308 e. The molecule has 172 valence electrons. The van der Waals surface area contributed by atoms with Crippen LogP contribution in [0.25, 0.3) is 0 Å². The van der Waals surface area contributed by atoms with Gasteiger partial charge in [0.15, 0.2) is 5.11 Å². The third kappa shape index (κ3) is 4.89. The van der Waals surface area contributed by atoms with Gasteiger partial charge in [-0.05, 0) is 80.8 Å². The molecule has 0 aromatic rings. The Balaban J connectivity index is 1.37. The van der Waals surface area contributed by atoms with Crippen molar-refractivity contribution in [3.8, 4) is 0 Å². The number of hydrogen-bond acceptors (Lipinski definition) is 5. The molecule has 4 aliphatic carbocycles. The second-order valence-corrected chi connectivity index (χ2v) is 11.0. The van der Waals surface area contributed by atoms with E-state index in [1.54, 1.807) is 4.90 Å². The molecular formula is C23H35N3O4S. The quantitative estimate of drug-likeness (QED) is 0.478. The van der Waals surface area contributed by atoms with Crippen molar-refractivity contribution >= 4 is 35.1 Å². The molecule has 1 saturated heterocycles. The fraction of sp³-hybridized carbons (Fsp3) is 0.826. The van der Waals surface area contributed by atoms with Gasteiger partial charge < -0.3 is 20.3 Å². The highest BCUT2D eigenvalue weighted by atomic mass is 32.1. The van der Waals surface area contributed by atoms with Gasteiger partial charge in [-0.2, -0.15) is 0 Å². The lowest BCUT2D eigenvalue weighted by atomic mass is 9.49. The Morgan fingerprint density at radius 2 is 1.81 bits per heavy atom. The van der Waals surface area contributed by atoms with Crippen LogP contribution in [0, 0.1) is 29.1 Å². The first-order valence-corrected chi connectivity index (χ1v) is 12.2. The van der Waals surface area contributed by atoms with E-state index < -0.39 is 12.0 Å². The van der Waals surface area contributed by atoms with E-state index in [0.717, 1.165) is 25.7 Å². The normalized spacial score (nSPS) is 33.9. The zero-order valence-electron chi connectivity index (χ0n) is 18.7. The van der Waals surface area contributed by atoms with Crippen molar-refractivity contribution < 1.29 is 19.1 Å². The highest BCUT2D eigenvalue weighted by molar-refractivity contribution is 7.80. The third-order valence-corrected chi connectivity index (χ3v) is 7.99. The Morgan fingerprint density at radius 3 is 2.39 bits per heavy atom. The van der Waals surface area contributed by atoms with Crippen molar-refractivity contribution in [1.82, 2.24) is 15.5 Å². The minimum atomic E-state index is -0.746. The predicted molar refractivity (Wildman–Crippen MR) is 120 cm³/mol. The summed E-state index contributed by atoms with van der Waals surface area (Å²) in [6, 6.07) is -0.746. The molecule has 0 aromatic carbocycles. The molecule has 8 heteroatoms. The molecule has 0 spiro atoms. The number of amides is 2. The van der Waals surface area contributed by atoms with Crippen molar-refractivity contribution in [2.75, 3.05) is 19.7 Å². The van der Waals surface area contributed by atoms with Crippen LogP contribution in [-0.4, -0.2) is 53.5 Å². The monoisotopic (exact) mass is 449 g/mol. The molecule has 2 N–H and O–H groups in total. The van der Waals surface area contributed by atoms with E-state index in [4.69, 9.17) is 17.0 Å². The number of piperazine rings is 1. The standard InChI is InChI=1S/C23H35N3O4S/c1-14(2)3-6-30-19(27)10-18-20(28)24-4-5-26(18)22(31)25-21(29)23-11-15-7-16(12-23)9-17(8-15)13-23/h14-18H,3-13H2,1-2H3,(H,24,28)(H,25,29,31). The third-order valence-electron chi connectivity index (χ3n) is 7.65. The van der Waals surface area contributed by atoms with Crippen LogP contribution >= 0.6 is 12.2 Å². The summed E-state index contributed by atoms with van der Waals surface area (Å²) in [4.78, 5) is 39.8. The first-order chi connectivity index (χ1) is 14.8. The highest BCUT2D eigenvalue weighted by Crippen LogP contribution is 2.60. The molecule has 5 fully saturated rings. The molecule has 4 bridgehead atoms. The Morgan fingerprint density at radius 1 is 1.19 bits per heavy atom. The molecule has 5 rings (SSSR count). The molecule has 7 nitrogen and oxygen atoms in total. The zero-order chi connectivity index (χ0) is 22.2. The fourth-order valence-corrected chi connectivity index (χ4v) is 6.79. The Bertz CT molecular complexity index is 718. The number of rotatable bonds is 6.